The van der Waals surface area contributed by atoms with Gasteiger partial charge in [0.25, 0.3) is 10.0 Å². The summed E-state index contributed by atoms with van der Waals surface area (Å²) in [7, 11) is -3.68. The largest absolute Gasteiger partial charge is 0.276 e. The lowest BCUT2D eigenvalue weighted by molar-refractivity contribution is 0.584. The maximum absolute atomic E-state index is 12.0. The van der Waals surface area contributed by atoms with Gasteiger partial charge in [-0.2, -0.15) is 13.5 Å². The van der Waals surface area contributed by atoms with Crippen LogP contribution >= 0.6 is 11.6 Å². The van der Waals surface area contributed by atoms with Crippen molar-refractivity contribution in [1.29, 1.82) is 0 Å². The van der Waals surface area contributed by atoms with E-state index in [1.165, 1.54) is 18.3 Å². The molecule has 114 valence electrons. The smallest absolute Gasteiger partial charge is 0.200 e. The number of rotatable bonds is 5. The van der Waals surface area contributed by atoms with Crippen molar-refractivity contribution in [2.45, 2.75) is 11.8 Å². The van der Waals surface area contributed by atoms with Gasteiger partial charge in [-0.25, -0.2) is 4.83 Å². The van der Waals surface area contributed by atoms with Crippen molar-refractivity contribution < 1.29 is 8.42 Å². The first-order valence-electron chi connectivity index (χ1n) is 6.51. The molecule has 0 fully saturated rings. The van der Waals surface area contributed by atoms with E-state index in [4.69, 9.17) is 11.6 Å². The molecule has 2 aromatic carbocycles. The number of hydrazone groups is 1. The second-order valence-corrected chi connectivity index (χ2v) is 6.70. The lowest BCUT2D eigenvalue weighted by Gasteiger charge is -2.03. The number of hydrogen-bond donors (Lipinski definition) is 1. The van der Waals surface area contributed by atoms with Gasteiger partial charge in [-0.15, -0.1) is 0 Å². The highest BCUT2D eigenvalue weighted by molar-refractivity contribution is 7.89. The van der Waals surface area contributed by atoms with Crippen molar-refractivity contribution in [3.63, 3.8) is 0 Å². The predicted molar refractivity (Wildman–Crippen MR) is 90.3 cm³/mol. The second-order valence-electron chi connectivity index (χ2n) is 4.61. The van der Waals surface area contributed by atoms with Gasteiger partial charge in [0, 0.05) is 0 Å². The Morgan fingerprint density at radius 2 is 1.73 bits per heavy atom. The van der Waals surface area contributed by atoms with Crippen LogP contribution in [0.3, 0.4) is 0 Å². The van der Waals surface area contributed by atoms with Crippen LogP contribution in [-0.2, 0) is 10.0 Å². The van der Waals surface area contributed by atoms with Crippen molar-refractivity contribution in [2.24, 2.45) is 5.10 Å². The van der Waals surface area contributed by atoms with Crippen LogP contribution in [0.5, 0.6) is 0 Å². The van der Waals surface area contributed by atoms with E-state index in [0.717, 1.165) is 11.1 Å². The third kappa shape index (κ3) is 4.72. The van der Waals surface area contributed by atoms with E-state index in [9.17, 15) is 8.42 Å². The van der Waals surface area contributed by atoms with Crippen LogP contribution in [0.2, 0.25) is 0 Å². The van der Waals surface area contributed by atoms with E-state index in [1.54, 1.807) is 18.2 Å². The molecular weight excluding hydrogens is 320 g/mol. The van der Waals surface area contributed by atoms with Gasteiger partial charge in [-0.3, -0.25) is 0 Å². The number of hydrogen-bond acceptors (Lipinski definition) is 3. The van der Waals surface area contributed by atoms with E-state index in [-0.39, 0.29) is 4.90 Å². The monoisotopic (exact) mass is 334 g/mol. The first kappa shape index (κ1) is 16.3. The van der Waals surface area contributed by atoms with Crippen LogP contribution in [0.15, 0.2) is 69.6 Å². The molecule has 0 saturated carbocycles. The maximum atomic E-state index is 12.0. The minimum Gasteiger partial charge on any atom is -0.200 e. The molecule has 0 atom stereocenters. The van der Waals surface area contributed by atoms with Crippen LogP contribution < -0.4 is 4.83 Å². The lowest BCUT2D eigenvalue weighted by Crippen LogP contribution is -2.18. The molecule has 0 bridgehead atoms. The highest BCUT2D eigenvalue weighted by Crippen LogP contribution is 2.10. The molecule has 0 spiro atoms. The summed E-state index contributed by atoms with van der Waals surface area (Å²) < 4.78 is 24.0. The molecule has 6 heteroatoms. The van der Waals surface area contributed by atoms with Gasteiger partial charge < -0.3 is 0 Å². The van der Waals surface area contributed by atoms with E-state index < -0.39 is 10.0 Å². The molecule has 0 unspecified atom stereocenters. The molecule has 2 aromatic rings. The first-order valence-corrected chi connectivity index (χ1v) is 8.37. The Balaban J connectivity index is 2.05. The van der Waals surface area contributed by atoms with Crippen molar-refractivity contribution >= 4 is 33.9 Å². The molecule has 0 amide bonds. The zero-order valence-corrected chi connectivity index (χ0v) is 13.5. The minimum atomic E-state index is -3.68. The van der Waals surface area contributed by atoms with E-state index in [2.05, 4.69) is 9.93 Å². The molecule has 1 N–H and O–H groups in total. The third-order valence-corrected chi connectivity index (χ3v) is 4.24. The van der Waals surface area contributed by atoms with Gasteiger partial charge in [0.05, 0.1) is 16.1 Å². The van der Waals surface area contributed by atoms with Crippen LogP contribution in [-0.4, -0.2) is 14.6 Å². The zero-order chi connectivity index (χ0) is 16.0. The van der Waals surface area contributed by atoms with Gasteiger partial charge in [0.1, 0.15) is 0 Å². The van der Waals surface area contributed by atoms with Crippen molar-refractivity contribution in [2.75, 3.05) is 0 Å². The van der Waals surface area contributed by atoms with E-state index >= 15 is 0 Å². The number of aryl methyl sites for hydroxylation is 1. The molecule has 0 aliphatic carbocycles. The summed E-state index contributed by atoms with van der Waals surface area (Å²) in [5.74, 6) is 0. The summed E-state index contributed by atoms with van der Waals surface area (Å²) in [5, 5.41) is 3.99. The highest BCUT2D eigenvalue weighted by Gasteiger charge is 2.11. The summed E-state index contributed by atoms with van der Waals surface area (Å²) in [6.07, 6.45) is 2.94. The summed E-state index contributed by atoms with van der Waals surface area (Å²) >= 11 is 5.99. The van der Waals surface area contributed by atoms with Gasteiger partial charge in [0.15, 0.2) is 0 Å². The quantitative estimate of drug-likeness (QED) is 0.671. The summed E-state index contributed by atoms with van der Waals surface area (Å²) in [4.78, 5) is 2.28. The van der Waals surface area contributed by atoms with Crippen molar-refractivity contribution in [1.82, 2.24) is 4.83 Å². The first-order chi connectivity index (χ1) is 10.5. The average Bonchev–Trinajstić information content (AvgIpc) is 2.48. The number of benzene rings is 2. The average molecular weight is 335 g/mol. The highest BCUT2D eigenvalue weighted by atomic mass is 35.5. The molecule has 22 heavy (non-hydrogen) atoms. The Kier molecular flexibility index (Phi) is 5.35. The Hall–Kier alpha value is -2.11. The standard InChI is InChI=1S/C16H15ClN2O2S/c1-13-7-9-16(10-8-13)22(20,21)19-18-12-15(17)11-14-5-3-2-4-6-14/h2-12,19H,1H3/b15-11-,18-12-. The second kappa shape index (κ2) is 7.24. The molecule has 0 aliphatic rings. The van der Waals surface area contributed by atoms with E-state index in [1.807, 2.05) is 37.3 Å². The Morgan fingerprint density at radius 1 is 1.09 bits per heavy atom. The molecule has 2 rings (SSSR count). The summed E-state index contributed by atoms with van der Waals surface area (Å²) in [6, 6.07) is 15.9. The molecule has 0 aromatic heterocycles. The molecule has 0 aliphatic heterocycles. The van der Waals surface area contributed by atoms with Crippen LogP contribution in [0.1, 0.15) is 11.1 Å². The zero-order valence-electron chi connectivity index (χ0n) is 11.9. The third-order valence-electron chi connectivity index (χ3n) is 2.80. The number of sulfonamides is 1. The Labute approximate surface area is 135 Å². The number of nitrogens with zero attached hydrogens (tertiary/aromatic N) is 1. The van der Waals surface area contributed by atoms with Gasteiger partial charge in [0.2, 0.25) is 0 Å². The fourth-order valence-corrected chi connectivity index (χ4v) is 2.64. The molecule has 0 saturated heterocycles. The topological polar surface area (TPSA) is 58.5 Å². The maximum Gasteiger partial charge on any atom is 0.276 e. The summed E-state index contributed by atoms with van der Waals surface area (Å²) in [5.41, 5.74) is 1.89. The van der Waals surface area contributed by atoms with Crippen molar-refractivity contribution in [3.05, 3.63) is 70.8 Å². The molecule has 0 heterocycles. The van der Waals surface area contributed by atoms with Crippen LogP contribution in [0.4, 0.5) is 0 Å². The minimum absolute atomic E-state index is 0.151. The number of halogens is 1. The van der Waals surface area contributed by atoms with Crippen LogP contribution in [0, 0.1) is 6.92 Å². The van der Waals surface area contributed by atoms with Gasteiger partial charge in [-0.05, 0) is 30.7 Å². The normalized spacial score (nSPS) is 12.5. The fourth-order valence-electron chi connectivity index (χ4n) is 1.67. The van der Waals surface area contributed by atoms with Crippen molar-refractivity contribution in [3.8, 4) is 0 Å². The number of allylic oxidation sites excluding steroid dienone is 1. The fraction of sp³-hybridized carbons (Fsp3) is 0.0625. The van der Waals surface area contributed by atoms with E-state index in [0.29, 0.717) is 5.03 Å². The predicted octanol–water partition coefficient (Wildman–Crippen LogP) is 3.54. The molecular formula is C16H15ClN2O2S. The SMILES string of the molecule is Cc1ccc(S(=O)(=O)N/N=C\C(Cl)=C\c2ccccc2)cc1. The lowest BCUT2D eigenvalue weighted by atomic mass is 10.2. The summed E-state index contributed by atoms with van der Waals surface area (Å²) in [6.45, 7) is 1.89. The molecule has 4 nitrogen and oxygen atoms in total. The molecule has 0 radical (unpaired) electrons. The Morgan fingerprint density at radius 3 is 2.36 bits per heavy atom. The number of nitrogens with one attached hydrogen (secondary N) is 1. The van der Waals surface area contributed by atoms with Gasteiger partial charge in [-0.1, -0.05) is 59.6 Å². The van der Waals surface area contributed by atoms with Crippen LogP contribution in [0.25, 0.3) is 6.08 Å². The Bertz CT molecular complexity index is 783. The van der Waals surface area contributed by atoms with Gasteiger partial charge >= 0.3 is 0 Å².